The van der Waals surface area contributed by atoms with Crippen LogP contribution >= 0.6 is 0 Å². The Morgan fingerprint density at radius 3 is 2.28 bits per heavy atom. The minimum Gasteiger partial charge on any atom is -0.450 e. The number of nitrogens with zero attached hydrogens (tertiary/aromatic N) is 1. The van der Waals surface area contributed by atoms with Crippen molar-refractivity contribution in [2.24, 2.45) is 0 Å². The number of oxazole rings is 1. The van der Waals surface area contributed by atoms with Crippen molar-refractivity contribution < 1.29 is 22.4 Å². The molecule has 18 heavy (non-hydrogen) atoms. The van der Waals surface area contributed by atoms with E-state index in [0.717, 1.165) is 12.1 Å². The number of hydrogen-bond acceptors (Lipinski definition) is 3. The fraction of sp³-hybridized carbons (Fsp3) is 0.0909. The van der Waals surface area contributed by atoms with Crippen LogP contribution in [0.3, 0.4) is 0 Å². The summed E-state index contributed by atoms with van der Waals surface area (Å²) >= 11 is 0. The average Bonchev–Trinajstić information content (AvgIpc) is 2.70. The van der Waals surface area contributed by atoms with E-state index < -0.39 is 11.7 Å². The monoisotopic (exact) mass is 253 g/mol. The molecule has 0 fully saturated rings. The Labute approximate surface area is 101 Å². The van der Waals surface area contributed by atoms with E-state index in [1.165, 1.54) is 12.1 Å². The molecule has 0 amide bonds. The molecule has 0 spiro atoms. The van der Waals surface area contributed by atoms with Crippen LogP contribution < -0.4 is 5.66 Å². The topological polar surface area (TPSA) is 43.1 Å². The van der Waals surface area contributed by atoms with E-state index in [2.05, 4.69) is 4.98 Å². The summed E-state index contributed by atoms with van der Waals surface area (Å²) < 4.78 is 42.2. The molecule has 2 rings (SSSR count). The first-order valence-electron chi connectivity index (χ1n) is 5.02. The van der Waals surface area contributed by atoms with Crippen LogP contribution in [0.4, 0.5) is 13.2 Å². The lowest BCUT2D eigenvalue weighted by Gasteiger charge is -2.06. The van der Waals surface area contributed by atoms with Gasteiger partial charge in [0.25, 0.3) is 5.89 Å². The van der Waals surface area contributed by atoms with Gasteiger partial charge in [-0.2, -0.15) is 13.2 Å². The predicted molar refractivity (Wildman–Crippen MR) is 60.5 cm³/mol. The highest BCUT2D eigenvalue weighted by molar-refractivity contribution is 6.33. The highest BCUT2D eigenvalue weighted by atomic mass is 19.4. The van der Waals surface area contributed by atoms with Crippen LogP contribution in [0.1, 0.15) is 16.2 Å². The summed E-state index contributed by atoms with van der Waals surface area (Å²) in [5.41, 5.74) is 0.489. The van der Waals surface area contributed by atoms with Gasteiger partial charge in [-0.15, -0.1) is 0 Å². The fourth-order valence-corrected chi connectivity index (χ4v) is 1.55. The van der Waals surface area contributed by atoms with Crippen LogP contribution in [0.5, 0.6) is 0 Å². The molecule has 3 nitrogen and oxygen atoms in total. The first-order valence-corrected chi connectivity index (χ1v) is 5.02. The Kier molecular flexibility index (Phi) is 2.98. The smallest absolute Gasteiger partial charge is 0.416 e. The molecule has 2 aromatic rings. The number of rotatable bonds is 2. The highest BCUT2D eigenvalue weighted by Crippen LogP contribution is 2.30. The summed E-state index contributed by atoms with van der Waals surface area (Å²) in [5.74, 6) is -0.0950. The van der Waals surface area contributed by atoms with Crippen molar-refractivity contribution in [3.05, 3.63) is 35.7 Å². The molecule has 0 aliphatic carbocycles. The Hall–Kier alpha value is -2.05. The Morgan fingerprint density at radius 2 is 1.83 bits per heavy atom. The SMILES string of the molecule is Bc1oc(C=O)nc1-c1ccc(C(F)(F)F)cc1. The van der Waals surface area contributed by atoms with Crippen LogP contribution in [0.15, 0.2) is 28.7 Å². The van der Waals surface area contributed by atoms with Gasteiger partial charge in [0, 0.05) is 5.56 Å². The lowest BCUT2D eigenvalue weighted by atomic mass is 9.99. The molecule has 0 radical (unpaired) electrons. The second kappa shape index (κ2) is 4.32. The second-order valence-corrected chi connectivity index (χ2v) is 3.65. The van der Waals surface area contributed by atoms with E-state index in [4.69, 9.17) is 4.42 Å². The maximum absolute atomic E-state index is 12.4. The van der Waals surface area contributed by atoms with Gasteiger partial charge in [-0.05, 0) is 12.1 Å². The molecular formula is C11H7BF3NO2. The summed E-state index contributed by atoms with van der Waals surface area (Å²) in [6, 6.07) is 4.51. The van der Waals surface area contributed by atoms with E-state index in [0.29, 0.717) is 23.2 Å². The Balaban J connectivity index is 2.40. The molecule has 0 saturated heterocycles. The predicted octanol–water partition coefficient (Wildman–Crippen LogP) is 1.43. The molecule has 0 aliphatic heterocycles. The molecule has 1 heterocycles. The van der Waals surface area contributed by atoms with Gasteiger partial charge in [0.1, 0.15) is 5.69 Å². The molecule has 0 saturated carbocycles. The van der Waals surface area contributed by atoms with Crippen LogP contribution in [0, 0.1) is 0 Å². The maximum atomic E-state index is 12.4. The largest absolute Gasteiger partial charge is 0.450 e. The van der Waals surface area contributed by atoms with E-state index in [9.17, 15) is 18.0 Å². The van der Waals surface area contributed by atoms with Crippen molar-refractivity contribution in [2.45, 2.75) is 6.18 Å². The molecule has 1 aromatic heterocycles. The van der Waals surface area contributed by atoms with Gasteiger partial charge >= 0.3 is 6.18 Å². The zero-order valence-electron chi connectivity index (χ0n) is 9.28. The van der Waals surface area contributed by atoms with E-state index in [1.54, 1.807) is 7.85 Å². The molecule has 0 aliphatic rings. The van der Waals surface area contributed by atoms with Gasteiger partial charge in [-0.25, -0.2) is 4.98 Å². The highest BCUT2D eigenvalue weighted by Gasteiger charge is 2.30. The minimum atomic E-state index is -4.37. The molecule has 7 heteroatoms. The summed E-state index contributed by atoms with van der Waals surface area (Å²) in [4.78, 5) is 14.4. The number of hydrogen-bond donors (Lipinski definition) is 0. The van der Waals surface area contributed by atoms with Crippen LogP contribution in [0.2, 0.25) is 0 Å². The lowest BCUT2D eigenvalue weighted by molar-refractivity contribution is -0.137. The van der Waals surface area contributed by atoms with Crippen molar-refractivity contribution >= 4 is 19.8 Å². The van der Waals surface area contributed by atoms with Crippen molar-refractivity contribution in [1.29, 1.82) is 0 Å². The quantitative estimate of drug-likeness (QED) is 0.600. The van der Waals surface area contributed by atoms with Crippen molar-refractivity contribution in [2.75, 3.05) is 0 Å². The zero-order chi connectivity index (χ0) is 13.3. The van der Waals surface area contributed by atoms with Gasteiger partial charge in [-0.3, -0.25) is 4.79 Å². The lowest BCUT2D eigenvalue weighted by Crippen LogP contribution is -2.05. The number of aromatic nitrogens is 1. The van der Waals surface area contributed by atoms with Gasteiger partial charge in [0.05, 0.1) is 11.2 Å². The number of carbonyl (C=O) groups is 1. The van der Waals surface area contributed by atoms with E-state index in [-0.39, 0.29) is 5.89 Å². The summed E-state index contributed by atoms with van der Waals surface area (Å²) in [6.45, 7) is 0. The standard InChI is InChI=1S/C11H7BF3NO2/c12-10-9(16-8(5-17)18-10)6-1-3-7(4-2-6)11(13,14)15/h1-5H,12H2. The van der Waals surface area contributed by atoms with E-state index in [1.807, 2.05) is 0 Å². The first kappa shape index (κ1) is 12.4. The molecule has 0 bridgehead atoms. The summed E-state index contributed by atoms with van der Waals surface area (Å²) in [6.07, 6.45) is -3.92. The minimum absolute atomic E-state index is 0.0950. The number of carbonyl (C=O) groups excluding carboxylic acids is 1. The number of aldehydes is 1. The number of halogens is 3. The first-order chi connectivity index (χ1) is 8.41. The summed E-state index contributed by atoms with van der Waals surface area (Å²) in [7, 11) is 1.59. The average molecular weight is 253 g/mol. The van der Waals surface area contributed by atoms with E-state index >= 15 is 0 Å². The van der Waals surface area contributed by atoms with Crippen LogP contribution in [-0.4, -0.2) is 19.1 Å². The maximum Gasteiger partial charge on any atom is 0.416 e. The van der Waals surface area contributed by atoms with Crippen molar-refractivity contribution in [1.82, 2.24) is 4.98 Å². The number of alkyl halides is 3. The third-order valence-electron chi connectivity index (χ3n) is 2.40. The van der Waals surface area contributed by atoms with Gasteiger partial charge < -0.3 is 4.42 Å². The molecule has 0 atom stereocenters. The van der Waals surface area contributed by atoms with Crippen LogP contribution in [-0.2, 0) is 6.18 Å². The second-order valence-electron chi connectivity index (χ2n) is 3.65. The number of benzene rings is 1. The molecule has 1 aromatic carbocycles. The molecular weight excluding hydrogens is 246 g/mol. The third kappa shape index (κ3) is 2.29. The normalized spacial score (nSPS) is 11.5. The Morgan fingerprint density at radius 1 is 1.22 bits per heavy atom. The Bertz CT molecular complexity index is 575. The fourth-order valence-electron chi connectivity index (χ4n) is 1.55. The zero-order valence-corrected chi connectivity index (χ0v) is 9.28. The van der Waals surface area contributed by atoms with Gasteiger partial charge in [0.15, 0.2) is 7.85 Å². The molecule has 92 valence electrons. The third-order valence-corrected chi connectivity index (χ3v) is 2.40. The summed E-state index contributed by atoms with van der Waals surface area (Å²) in [5, 5.41) is 0. The van der Waals surface area contributed by atoms with Crippen molar-refractivity contribution in [3.8, 4) is 11.3 Å². The van der Waals surface area contributed by atoms with Gasteiger partial charge in [0.2, 0.25) is 6.29 Å². The molecule has 0 unspecified atom stereocenters. The van der Waals surface area contributed by atoms with Crippen molar-refractivity contribution in [3.63, 3.8) is 0 Å². The van der Waals surface area contributed by atoms with Crippen LogP contribution in [0.25, 0.3) is 11.3 Å². The molecule has 0 N–H and O–H groups in total. The van der Waals surface area contributed by atoms with Gasteiger partial charge in [-0.1, -0.05) is 12.1 Å².